The molecule has 8 heteroatoms. The number of fused-ring (bicyclic) bond motifs is 1. The first kappa shape index (κ1) is 21.9. The zero-order chi connectivity index (χ0) is 21.8. The van der Waals surface area contributed by atoms with E-state index in [0.717, 1.165) is 55.5 Å². The summed E-state index contributed by atoms with van der Waals surface area (Å²) in [5.74, 6) is 0.0159. The van der Waals surface area contributed by atoms with Gasteiger partial charge in [-0.2, -0.15) is 0 Å². The standard InChI is InChI=1S/C23H24FIN4O2/c1-31-21-5-4-20-22(28-21)15(6-10-26-20)7-11-29-12-8-17(9-13-29)27-23(30)16-2-3-19(25)18(24)14-16/h2-6,10,14,17H,7-9,11-13H2,1H3,(H,27,30). The molecule has 1 aliphatic rings. The molecule has 3 heterocycles. The third kappa shape index (κ3) is 5.30. The molecule has 1 fully saturated rings. The number of carbonyl (C=O) groups is 1. The Kier molecular flexibility index (Phi) is 6.96. The zero-order valence-electron chi connectivity index (χ0n) is 17.3. The molecule has 0 spiro atoms. The number of amides is 1. The van der Waals surface area contributed by atoms with Gasteiger partial charge in [-0.25, -0.2) is 9.37 Å². The Balaban J connectivity index is 1.30. The van der Waals surface area contributed by atoms with Crippen LogP contribution in [0.5, 0.6) is 5.88 Å². The number of nitrogens with zero attached hydrogens (tertiary/aromatic N) is 3. The molecule has 1 saturated heterocycles. The van der Waals surface area contributed by atoms with Crippen molar-refractivity contribution >= 4 is 39.5 Å². The van der Waals surface area contributed by atoms with Gasteiger partial charge in [-0.05, 0) is 77.7 Å². The minimum atomic E-state index is -0.362. The summed E-state index contributed by atoms with van der Waals surface area (Å²) in [6.07, 6.45) is 4.45. The molecule has 0 radical (unpaired) electrons. The fraction of sp³-hybridized carbons (Fsp3) is 0.348. The maximum atomic E-state index is 13.7. The first-order valence-corrected chi connectivity index (χ1v) is 11.4. The third-order valence-corrected chi connectivity index (χ3v) is 6.53. The van der Waals surface area contributed by atoms with Crippen molar-refractivity contribution in [2.75, 3.05) is 26.7 Å². The molecule has 162 valence electrons. The molecule has 0 unspecified atom stereocenters. The minimum Gasteiger partial charge on any atom is -0.481 e. The summed E-state index contributed by atoms with van der Waals surface area (Å²) in [5.41, 5.74) is 3.27. The van der Waals surface area contributed by atoms with Crippen LogP contribution in [0.15, 0.2) is 42.6 Å². The molecule has 3 aromatic rings. The summed E-state index contributed by atoms with van der Waals surface area (Å²) in [7, 11) is 1.61. The van der Waals surface area contributed by atoms with E-state index in [4.69, 9.17) is 4.74 Å². The molecule has 31 heavy (non-hydrogen) atoms. The van der Waals surface area contributed by atoms with Crippen LogP contribution in [0.3, 0.4) is 0 Å². The van der Waals surface area contributed by atoms with Crippen molar-refractivity contribution in [3.8, 4) is 5.88 Å². The molecule has 6 nitrogen and oxygen atoms in total. The summed E-state index contributed by atoms with van der Waals surface area (Å²) < 4.78 is 19.5. The van der Waals surface area contributed by atoms with Crippen molar-refractivity contribution in [2.45, 2.75) is 25.3 Å². The maximum Gasteiger partial charge on any atom is 0.251 e. The van der Waals surface area contributed by atoms with Crippen LogP contribution in [-0.4, -0.2) is 53.6 Å². The van der Waals surface area contributed by atoms with Gasteiger partial charge >= 0.3 is 0 Å². The Morgan fingerprint density at radius 2 is 2.06 bits per heavy atom. The number of pyridine rings is 2. The molecule has 0 saturated carbocycles. The minimum absolute atomic E-state index is 0.110. The van der Waals surface area contributed by atoms with Gasteiger partial charge in [0.15, 0.2) is 0 Å². The lowest BCUT2D eigenvalue weighted by atomic mass is 10.0. The van der Waals surface area contributed by atoms with Gasteiger partial charge in [-0.15, -0.1) is 0 Å². The highest BCUT2D eigenvalue weighted by molar-refractivity contribution is 14.1. The lowest BCUT2D eigenvalue weighted by Crippen LogP contribution is -2.45. The first-order chi connectivity index (χ1) is 15.0. The van der Waals surface area contributed by atoms with Crippen LogP contribution in [0.2, 0.25) is 0 Å². The number of methoxy groups -OCH3 is 1. The van der Waals surface area contributed by atoms with Crippen molar-refractivity contribution in [2.24, 2.45) is 0 Å². The number of nitrogens with one attached hydrogen (secondary N) is 1. The Labute approximate surface area is 194 Å². The fourth-order valence-electron chi connectivity index (χ4n) is 3.86. The second-order valence-corrected chi connectivity index (χ2v) is 8.82. The second kappa shape index (κ2) is 9.86. The van der Waals surface area contributed by atoms with E-state index in [9.17, 15) is 9.18 Å². The molecule has 2 aromatic heterocycles. The van der Waals surface area contributed by atoms with Gasteiger partial charge in [0, 0.05) is 47.1 Å². The quantitative estimate of drug-likeness (QED) is 0.488. The molecule has 1 N–H and O–H groups in total. The van der Waals surface area contributed by atoms with Gasteiger partial charge in [-0.3, -0.25) is 9.78 Å². The van der Waals surface area contributed by atoms with E-state index in [0.29, 0.717) is 15.0 Å². The topological polar surface area (TPSA) is 67.3 Å². The average Bonchev–Trinajstić information content (AvgIpc) is 2.80. The normalized spacial score (nSPS) is 15.2. The summed E-state index contributed by atoms with van der Waals surface area (Å²) in [4.78, 5) is 23.8. The van der Waals surface area contributed by atoms with Gasteiger partial charge in [0.25, 0.3) is 5.91 Å². The number of ether oxygens (including phenoxy) is 1. The molecule has 1 aromatic carbocycles. The van der Waals surface area contributed by atoms with Crippen LogP contribution in [0.25, 0.3) is 11.0 Å². The summed E-state index contributed by atoms with van der Waals surface area (Å²) in [5, 5.41) is 3.05. The molecule has 0 aliphatic carbocycles. The van der Waals surface area contributed by atoms with Gasteiger partial charge in [0.1, 0.15) is 5.82 Å². The maximum absolute atomic E-state index is 13.7. The first-order valence-electron chi connectivity index (χ1n) is 10.3. The van der Waals surface area contributed by atoms with Crippen LogP contribution >= 0.6 is 22.6 Å². The highest BCUT2D eigenvalue weighted by Crippen LogP contribution is 2.20. The van der Waals surface area contributed by atoms with Crippen molar-refractivity contribution in [3.05, 3.63) is 63.1 Å². The Morgan fingerprint density at radius 1 is 1.26 bits per heavy atom. The van der Waals surface area contributed by atoms with Crippen molar-refractivity contribution in [1.29, 1.82) is 0 Å². The number of hydrogen-bond acceptors (Lipinski definition) is 5. The molecule has 1 aliphatic heterocycles. The average molecular weight is 534 g/mol. The highest BCUT2D eigenvalue weighted by Gasteiger charge is 2.21. The van der Waals surface area contributed by atoms with Gasteiger partial charge in [-0.1, -0.05) is 0 Å². The number of benzene rings is 1. The SMILES string of the molecule is COc1ccc2nccc(CCN3CCC(NC(=O)c4ccc(I)c(F)c4)CC3)c2n1. The van der Waals surface area contributed by atoms with Crippen LogP contribution in [-0.2, 0) is 6.42 Å². The van der Waals surface area contributed by atoms with E-state index < -0.39 is 0 Å². The number of halogens is 2. The van der Waals surface area contributed by atoms with E-state index in [1.165, 1.54) is 6.07 Å². The fourth-order valence-corrected chi connectivity index (χ4v) is 4.20. The summed E-state index contributed by atoms with van der Waals surface area (Å²) >= 11 is 1.92. The van der Waals surface area contributed by atoms with E-state index in [-0.39, 0.29) is 17.8 Å². The predicted molar refractivity (Wildman–Crippen MR) is 126 cm³/mol. The van der Waals surface area contributed by atoms with Gasteiger partial charge < -0.3 is 15.0 Å². The third-order valence-electron chi connectivity index (χ3n) is 5.65. The van der Waals surface area contributed by atoms with E-state index in [1.54, 1.807) is 19.2 Å². The Hall–Kier alpha value is -2.33. The van der Waals surface area contributed by atoms with Gasteiger partial charge in [0.2, 0.25) is 5.88 Å². The van der Waals surface area contributed by atoms with Crippen molar-refractivity contribution in [3.63, 3.8) is 0 Å². The van der Waals surface area contributed by atoms with Gasteiger partial charge in [0.05, 0.1) is 18.1 Å². The largest absolute Gasteiger partial charge is 0.481 e. The number of hydrogen-bond donors (Lipinski definition) is 1. The van der Waals surface area contributed by atoms with Crippen LogP contribution in [0.4, 0.5) is 4.39 Å². The van der Waals surface area contributed by atoms with E-state index in [1.807, 2.05) is 47.0 Å². The number of aromatic nitrogens is 2. The molecule has 0 atom stereocenters. The van der Waals surface area contributed by atoms with Crippen molar-refractivity contribution in [1.82, 2.24) is 20.2 Å². The molecule has 0 bridgehead atoms. The smallest absolute Gasteiger partial charge is 0.251 e. The van der Waals surface area contributed by atoms with Crippen LogP contribution in [0.1, 0.15) is 28.8 Å². The number of likely N-dealkylation sites (tertiary alicyclic amines) is 1. The molecule has 4 rings (SSSR count). The molecule has 1 amide bonds. The van der Waals surface area contributed by atoms with E-state index >= 15 is 0 Å². The Morgan fingerprint density at radius 3 is 2.81 bits per heavy atom. The predicted octanol–water partition coefficient (Wildman–Crippen LogP) is 3.82. The Bertz CT molecular complexity index is 1090. The summed E-state index contributed by atoms with van der Waals surface area (Å²) in [6, 6.07) is 10.5. The van der Waals surface area contributed by atoms with Crippen molar-refractivity contribution < 1.29 is 13.9 Å². The number of carbonyl (C=O) groups excluding carboxylic acids is 1. The monoisotopic (exact) mass is 534 g/mol. The highest BCUT2D eigenvalue weighted by atomic mass is 127. The summed E-state index contributed by atoms with van der Waals surface area (Å²) in [6.45, 7) is 2.73. The molecular formula is C23H24FIN4O2. The second-order valence-electron chi connectivity index (χ2n) is 7.66. The number of piperidine rings is 1. The number of rotatable bonds is 6. The van der Waals surface area contributed by atoms with E-state index in [2.05, 4.69) is 20.2 Å². The lowest BCUT2D eigenvalue weighted by molar-refractivity contribution is 0.0911. The lowest BCUT2D eigenvalue weighted by Gasteiger charge is -2.32. The molecular weight excluding hydrogens is 510 g/mol. The van der Waals surface area contributed by atoms with Crippen LogP contribution in [0, 0.1) is 9.39 Å². The zero-order valence-corrected chi connectivity index (χ0v) is 19.4. The van der Waals surface area contributed by atoms with Crippen LogP contribution < -0.4 is 10.1 Å².